The summed E-state index contributed by atoms with van der Waals surface area (Å²) in [6.45, 7) is 4.92. The van der Waals surface area contributed by atoms with Gasteiger partial charge in [0.1, 0.15) is 5.75 Å². The number of phenols is 1. The van der Waals surface area contributed by atoms with Crippen LogP contribution in [0.25, 0.3) is 0 Å². The maximum Gasteiger partial charge on any atom is 0.116 e. The SMILES string of the molecule is CCNCCNC1c2c(Br)cc(O)cc2CCC2=CC(Br)=CNC21. The van der Waals surface area contributed by atoms with Crippen LogP contribution in [0.4, 0.5) is 0 Å². The van der Waals surface area contributed by atoms with E-state index in [0.29, 0.717) is 5.75 Å². The van der Waals surface area contributed by atoms with Gasteiger partial charge < -0.3 is 21.1 Å². The van der Waals surface area contributed by atoms with Gasteiger partial charge in [0.2, 0.25) is 0 Å². The van der Waals surface area contributed by atoms with Crippen molar-refractivity contribution in [3.8, 4) is 5.75 Å². The lowest BCUT2D eigenvalue weighted by molar-refractivity contribution is 0.434. The number of fused-ring (bicyclic) bond motifs is 2. The highest BCUT2D eigenvalue weighted by atomic mass is 79.9. The molecule has 0 aromatic heterocycles. The molecular formula is C18H23Br2N3O. The van der Waals surface area contributed by atoms with Crippen LogP contribution in [0.15, 0.2) is 38.9 Å². The highest BCUT2D eigenvalue weighted by molar-refractivity contribution is 9.12. The van der Waals surface area contributed by atoms with E-state index < -0.39 is 0 Å². The number of nitrogens with one attached hydrogen (secondary N) is 3. The van der Waals surface area contributed by atoms with Crippen LogP contribution >= 0.6 is 31.9 Å². The van der Waals surface area contributed by atoms with Gasteiger partial charge in [-0.05, 0) is 70.2 Å². The number of likely N-dealkylation sites (N-methyl/N-ethyl adjacent to an activating group) is 1. The van der Waals surface area contributed by atoms with E-state index in [1.807, 2.05) is 12.3 Å². The molecule has 0 fully saturated rings. The summed E-state index contributed by atoms with van der Waals surface area (Å²) >= 11 is 7.24. The zero-order valence-corrected chi connectivity index (χ0v) is 16.9. The third-order valence-electron chi connectivity index (χ3n) is 4.57. The van der Waals surface area contributed by atoms with Crippen molar-refractivity contribution in [3.63, 3.8) is 0 Å². The van der Waals surface area contributed by atoms with Crippen molar-refractivity contribution in [2.75, 3.05) is 19.6 Å². The number of phenolic OH excluding ortho intramolecular Hbond substituents is 1. The third kappa shape index (κ3) is 3.87. The molecule has 1 aromatic carbocycles. The number of benzene rings is 1. The Morgan fingerprint density at radius 1 is 1.25 bits per heavy atom. The van der Waals surface area contributed by atoms with E-state index >= 15 is 0 Å². The Morgan fingerprint density at radius 3 is 2.88 bits per heavy atom. The number of aryl methyl sites for hydroxylation is 1. The minimum atomic E-state index is 0.152. The van der Waals surface area contributed by atoms with Gasteiger partial charge in [0.15, 0.2) is 0 Å². The molecule has 1 aliphatic heterocycles. The first-order valence-electron chi connectivity index (χ1n) is 8.37. The summed E-state index contributed by atoms with van der Waals surface area (Å²) in [7, 11) is 0. The smallest absolute Gasteiger partial charge is 0.116 e. The Morgan fingerprint density at radius 2 is 2.08 bits per heavy atom. The molecule has 2 aliphatic rings. The number of dihydropyridines is 1. The average Bonchev–Trinajstić information content (AvgIpc) is 2.68. The highest BCUT2D eigenvalue weighted by Gasteiger charge is 2.33. The molecule has 0 saturated heterocycles. The van der Waals surface area contributed by atoms with Crippen molar-refractivity contribution < 1.29 is 5.11 Å². The van der Waals surface area contributed by atoms with E-state index in [2.05, 4.69) is 60.8 Å². The normalized spacial score (nSPS) is 22.6. The maximum atomic E-state index is 9.99. The van der Waals surface area contributed by atoms with Gasteiger partial charge in [-0.3, -0.25) is 0 Å². The second-order valence-corrected chi connectivity index (χ2v) is 7.95. The zero-order valence-electron chi connectivity index (χ0n) is 13.7. The molecule has 1 heterocycles. The molecule has 0 amide bonds. The van der Waals surface area contributed by atoms with E-state index in [-0.39, 0.29) is 12.1 Å². The highest BCUT2D eigenvalue weighted by Crippen LogP contribution is 2.40. The number of allylic oxidation sites excluding steroid dienone is 2. The van der Waals surface area contributed by atoms with Crippen LogP contribution < -0.4 is 16.0 Å². The molecule has 6 heteroatoms. The molecule has 2 unspecified atom stereocenters. The summed E-state index contributed by atoms with van der Waals surface area (Å²) in [6, 6.07) is 4.06. The topological polar surface area (TPSA) is 56.3 Å². The number of hydrogen-bond donors (Lipinski definition) is 4. The number of rotatable bonds is 5. The molecule has 1 aliphatic carbocycles. The quantitative estimate of drug-likeness (QED) is 0.512. The van der Waals surface area contributed by atoms with Crippen molar-refractivity contribution in [1.82, 2.24) is 16.0 Å². The molecule has 4 N–H and O–H groups in total. The standard InChI is InChI=1S/C18H23Br2N3O/c1-2-21-5-6-22-18-16-11(8-14(24)9-15(16)20)3-4-12-7-13(19)10-23-17(12)18/h7-10,17-18,21-24H,2-6H2,1H3. The molecule has 130 valence electrons. The molecule has 0 saturated carbocycles. The van der Waals surface area contributed by atoms with E-state index in [1.54, 1.807) is 6.07 Å². The van der Waals surface area contributed by atoms with Crippen LogP contribution in [0, 0.1) is 0 Å². The van der Waals surface area contributed by atoms with Crippen molar-refractivity contribution in [2.24, 2.45) is 0 Å². The van der Waals surface area contributed by atoms with Gasteiger partial charge >= 0.3 is 0 Å². The molecule has 4 nitrogen and oxygen atoms in total. The van der Waals surface area contributed by atoms with Crippen LogP contribution in [-0.2, 0) is 6.42 Å². The Hall–Kier alpha value is -0.820. The van der Waals surface area contributed by atoms with Gasteiger partial charge in [-0.15, -0.1) is 0 Å². The first kappa shape index (κ1) is 18.0. The van der Waals surface area contributed by atoms with Gasteiger partial charge in [0, 0.05) is 28.2 Å². The fraction of sp³-hybridized carbons (Fsp3) is 0.444. The summed E-state index contributed by atoms with van der Waals surface area (Å²) in [4.78, 5) is 0. The van der Waals surface area contributed by atoms with Crippen LogP contribution in [0.1, 0.15) is 30.5 Å². The van der Waals surface area contributed by atoms with Gasteiger partial charge in [-0.25, -0.2) is 0 Å². The summed E-state index contributed by atoms with van der Waals surface area (Å²) in [5.74, 6) is 0.318. The predicted octanol–water partition coefficient (Wildman–Crippen LogP) is 3.48. The van der Waals surface area contributed by atoms with Crippen LogP contribution in [0.2, 0.25) is 0 Å². The summed E-state index contributed by atoms with van der Waals surface area (Å²) in [5, 5.41) is 20.6. The zero-order chi connectivity index (χ0) is 17.1. The monoisotopic (exact) mass is 455 g/mol. The lowest BCUT2D eigenvalue weighted by Gasteiger charge is -2.32. The molecule has 0 spiro atoms. The first-order valence-corrected chi connectivity index (χ1v) is 9.96. The molecule has 24 heavy (non-hydrogen) atoms. The van der Waals surface area contributed by atoms with Gasteiger partial charge in [-0.1, -0.05) is 22.9 Å². The largest absolute Gasteiger partial charge is 0.508 e. The molecule has 2 atom stereocenters. The molecular weight excluding hydrogens is 434 g/mol. The lowest BCUT2D eigenvalue weighted by Crippen LogP contribution is -2.43. The van der Waals surface area contributed by atoms with Gasteiger partial charge in [0.05, 0.1) is 12.1 Å². The number of aromatic hydroxyl groups is 1. The fourth-order valence-electron chi connectivity index (χ4n) is 3.50. The Balaban J connectivity index is 1.95. The van der Waals surface area contributed by atoms with E-state index in [9.17, 15) is 5.11 Å². The maximum absolute atomic E-state index is 9.99. The second-order valence-electron chi connectivity index (χ2n) is 6.18. The molecule has 0 radical (unpaired) electrons. The van der Waals surface area contributed by atoms with Crippen LogP contribution in [-0.4, -0.2) is 30.8 Å². The van der Waals surface area contributed by atoms with Gasteiger partial charge in [0.25, 0.3) is 0 Å². The Kier molecular flexibility index (Phi) is 6.02. The summed E-state index contributed by atoms with van der Waals surface area (Å²) in [6.07, 6.45) is 6.15. The van der Waals surface area contributed by atoms with E-state index in [4.69, 9.17) is 0 Å². The van der Waals surface area contributed by atoms with Crippen LogP contribution in [0.5, 0.6) is 5.75 Å². The lowest BCUT2D eigenvalue weighted by atomic mass is 9.92. The average molecular weight is 457 g/mol. The minimum absolute atomic E-state index is 0.152. The fourth-order valence-corrected chi connectivity index (χ4v) is 4.66. The minimum Gasteiger partial charge on any atom is -0.508 e. The first-order chi connectivity index (χ1) is 11.6. The molecule has 3 rings (SSSR count). The summed E-state index contributed by atoms with van der Waals surface area (Å²) < 4.78 is 2.04. The van der Waals surface area contributed by atoms with E-state index in [0.717, 1.165) is 41.4 Å². The van der Waals surface area contributed by atoms with Crippen molar-refractivity contribution >= 4 is 31.9 Å². The molecule has 0 bridgehead atoms. The number of halogens is 2. The summed E-state index contributed by atoms with van der Waals surface area (Å²) in [5.41, 5.74) is 3.83. The van der Waals surface area contributed by atoms with Crippen molar-refractivity contribution in [2.45, 2.75) is 31.8 Å². The Bertz CT molecular complexity index is 672. The van der Waals surface area contributed by atoms with Crippen molar-refractivity contribution in [1.29, 1.82) is 0 Å². The third-order valence-corrected chi connectivity index (χ3v) is 5.68. The molecule has 1 aromatic rings. The Labute approximate surface area is 160 Å². The van der Waals surface area contributed by atoms with Crippen molar-refractivity contribution in [3.05, 3.63) is 50.1 Å². The predicted molar refractivity (Wildman–Crippen MR) is 105 cm³/mol. The van der Waals surface area contributed by atoms with Gasteiger partial charge in [-0.2, -0.15) is 0 Å². The van der Waals surface area contributed by atoms with Crippen LogP contribution in [0.3, 0.4) is 0 Å². The van der Waals surface area contributed by atoms with E-state index in [1.165, 1.54) is 16.7 Å². The number of hydrogen-bond acceptors (Lipinski definition) is 4. The second kappa shape index (κ2) is 8.04.